The van der Waals surface area contributed by atoms with Crippen molar-refractivity contribution < 1.29 is 28.6 Å². The molecule has 11 heteroatoms. The molecule has 0 radical (unpaired) electrons. The van der Waals surface area contributed by atoms with Gasteiger partial charge in [-0.1, -0.05) is 50.6 Å². The molecule has 3 aliphatic heterocycles. The number of epoxide rings is 1. The number of nitrogens with one attached hydrogen (secondary N) is 1. The maximum absolute atomic E-state index is 12.7. The maximum Gasteiger partial charge on any atom is 0.337 e. The third-order valence-electron chi connectivity index (χ3n) is 8.28. The fourth-order valence-corrected chi connectivity index (χ4v) is 5.76. The van der Waals surface area contributed by atoms with Gasteiger partial charge in [0.25, 0.3) is 0 Å². The molecule has 1 amide bonds. The van der Waals surface area contributed by atoms with Gasteiger partial charge in [0.05, 0.1) is 49.1 Å². The van der Waals surface area contributed by atoms with E-state index in [1.807, 2.05) is 32.9 Å². The number of hydrogen-bond acceptors (Lipinski definition) is 9. The van der Waals surface area contributed by atoms with Crippen LogP contribution in [-0.2, 0) is 23.8 Å². The number of nitrogens with zero attached hydrogens (tertiary/aromatic N) is 4. The molecule has 0 aliphatic carbocycles. The smallest absolute Gasteiger partial charge is 0.337 e. The van der Waals surface area contributed by atoms with Crippen LogP contribution in [0, 0.1) is 11.8 Å². The van der Waals surface area contributed by atoms with Gasteiger partial charge in [0, 0.05) is 19.0 Å². The lowest BCUT2D eigenvalue weighted by molar-refractivity contribution is -0.151. The quantitative estimate of drug-likeness (QED) is 0.189. The number of carbonyl (C=O) groups is 2. The highest BCUT2D eigenvalue weighted by molar-refractivity contribution is 5.87. The summed E-state index contributed by atoms with van der Waals surface area (Å²) in [7, 11) is 0. The predicted octanol–water partition coefficient (Wildman–Crippen LogP) is 3.89. The minimum absolute atomic E-state index is 0.00148. The molecule has 2 aromatic heterocycles. The van der Waals surface area contributed by atoms with Crippen LogP contribution in [0.1, 0.15) is 66.7 Å². The van der Waals surface area contributed by atoms with Crippen molar-refractivity contribution in [1.82, 2.24) is 25.5 Å². The van der Waals surface area contributed by atoms with Crippen LogP contribution < -0.4 is 10.2 Å². The Hall–Kier alpha value is -3.41. The van der Waals surface area contributed by atoms with Gasteiger partial charge in [-0.15, -0.1) is 5.10 Å². The van der Waals surface area contributed by atoms with Crippen molar-refractivity contribution in [2.45, 2.75) is 103 Å². The van der Waals surface area contributed by atoms with E-state index >= 15 is 0 Å². The van der Waals surface area contributed by atoms with Gasteiger partial charge in [-0.3, -0.25) is 4.79 Å². The number of hydrogen-bond donors (Lipinski definition) is 1. The molecule has 5 rings (SSSR count). The van der Waals surface area contributed by atoms with Crippen LogP contribution in [0.25, 0.3) is 11.2 Å². The first kappa shape index (κ1) is 31.0. The highest BCUT2D eigenvalue weighted by Crippen LogP contribution is 2.43. The van der Waals surface area contributed by atoms with Gasteiger partial charge in [-0.25, -0.2) is 9.78 Å². The van der Waals surface area contributed by atoms with Crippen LogP contribution in [-0.4, -0.2) is 74.7 Å². The van der Waals surface area contributed by atoms with Crippen molar-refractivity contribution in [2.24, 2.45) is 11.8 Å². The van der Waals surface area contributed by atoms with Crippen molar-refractivity contribution in [3.63, 3.8) is 0 Å². The Morgan fingerprint density at radius 2 is 2.05 bits per heavy atom. The van der Waals surface area contributed by atoms with E-state index in [-0.39, 0.29) is 48.4 Å². The van der Waals surface area contributed by atoms with Crippen LogP contribution in [0.15, 0.2) is 54.3 Å². The van der Waals surface area contributed by atoms with E-state index < -0.39 is 5.97 Å². The summed E-state index contributed by atoms with van der Waals surface area (Å²) in [4.78, 5) is 35.6. The Kier molecular flexibility index (Phi) is 9.73. The van der Waals surface area contributed by atoms with Crippen LogP contribution in [0.3, 0.4) is 0 Å². The Morgan fingerprint density at radius 1 is 1.23 bits per heavy atom. The average molecular weight is 594 g/mol. The second-order valence-electron chi connectivity index (χ2n) is 12.5. The molecule has 11 nitrogen and oxygen atoms in total. The molecule has 3 saturated heterocycles. The fourth-order valence-electron chi connectivity index (χ4n) is 5.76. The van der Waals surface area contributed by atoms with Crippen molar-refractivity contribution in [3.05, 3.63) is 54.3 Å². The topological polar surface area (TPSA) is 130 Å². The zero-order valence-corrected chi connectivity index (χ0v) is 25.6. The normalized spacial score (nSPS) is 31.3. The lowest BCUT2D eigenvalue weighted by atomic mass is 9.88. The highest BCUT2D eigenvalue weighted by atomic mass is 16.7. The molecule has 7 atom stereocenters. The second-order valence-corrected chi connectivity index (χ2v) is 12.5. The van der Waals surface area contributed by atoms with Crippen molar-refractivity contribution in [3.8, 4) is 0 Å². The van der Waals surface area contributed by atoms with Gasteiger partial charge in [-0.05, 0) is 66.8 Å². The summed E-state index contributed by atoms with van der Waals surface area (Å²) in [5.41, 5.74) is 1.80. The van der Waals surface area contributed by atoms with E-state index in [1.165, 1.54) is 0 Å². The Morgan fingerprint density at radius 3 is 2.81 bits per heavy atom. The molecule has 0 bridgehead atoms. The summed E-state index contributed by atoms with van der Waals surface area (Å²) in [6.07, 6.45) is 14.1. The number of allylic oxidation sites excluding steroid dienone is 3. The van der Waals surface area contributed by atoms with Crippen LogP contribution >= 0.6 is 0 Å². The number of amides is 1. The second kappa shape index (κ2) is 13.5. The molecule has 43 heavy (non-hydrogen) atoms. The van der Waals surface area contributed by atoms with E-state index in [0.717, 1.165) is 29.7 Å². The number of carbonyl (C=O) groups excluding carboxylic acids is 2. The summed E-state index contributed by atoms with van der Waals surface area (Å²) in [5.74, 6) is 0.110. The summed E-state index contributed by atoms with van der Waals surface area (Å²) >= 11 is 0. The summed E-state index contributed by atoms with van der Waals surface area (Å²) < 4.78 is 18.4. The molecule has 1 N–H and O–H groups in total. The lowest BCUT2D eigenvalue weighted by Crippen LogP contribution is -2.50. The summed E-state index contributed by atoms with van der Waals surface area (Å²) in [6.45, 7) is 11.0. The van der Waals surface area contributed by atoms with Gasteiger partial charge in [-0.2, -0.15) is 0 Å². The van der Waals surface area contributed by atoms with Gasteiger partial charge in [0.15, 0.2) is 0 Å². The van der Waals surface area contributed by atoms with E-state index in [4.69, 9.17) is 19.0 Å². The molecule has 0 unspecified atom stereocenters. The van der Waals surface area contributed by atoms with Crippen molar-refractivity contribution in [2.75, 3.05) is 6.61 Å². The molecule has 2 aromatic rings. The fraction of sp³-hybridized carbons (Fsp3) is 0.594. The largest absolute Gasteiger partial charge is 0.373 e. The minimum Gasteiger partial charge on any atom is -0.373 e. The van der Waals surface area contributed by atoms with Crippen molar-refractivity contribution >= 4 is 23.0 Å². The standard InChI is InChI=1S/C32H43N5O6/c1-20(2)8-13-29(38)34-27-15-22(4)28(41-23(27)5)12-10-21(3)9-11-24-17-32(19-40-32)18-25(42-24)16-30(39)43-37-31-26(35-36-37)7-6-14-33-31/h6-11,13-14,20,22-25,27-28H,12,15-19H2,1-5H3,(H,34,38)/b11-9+,13-8-,21-10+/t22-,23+,24+,25+,27+,28-,32+/m0/s1. The van der Waals surface area contributed by atoms with E-state index in [2.05, 4.69) is 46.6 Å². The molecule has 0 aromatic carbocycles. The number of rotatable bonds is 10. The van der Waals surface area contributed by atoms with Crippen LogP contribution in [0.5, 0.6) is 0 Å². The predicted molar refractivity (Wildman–Crippen MR) is 160 cm³/mol. The molecular formula is C32H43N5O6. The average Bonchev–Trinajstić information content (AvgIpc) is 3.57. The molecule has 1 spiro atoms. The molecule has 232 valence electrons. The molecule has 3 fully saturated rings. The summed E-state index contributed by atoms with van der Waals surface area (Å²) in [6, 6.07) is 3.49. The molecular weight excluding hydrogens is 550 g/mol. The van der Waals surface area contributed by atoms with Crippen LogP contribution in [0.4, 0.5) is 0 Å². The van der Waals surface area contributed by atoms with Gasteiger partial charge >= 0.3 is 5.97 Å². The molecule has 5 heterocycles. The number of ether oxygens (including phenoxy) is 3. The monoisotopic (exact) mass is 593 g/mol. The lowest BCUT2D eigenvalue weighted by Gasteiger charge is -2.39. The third-order valence-corrected chi connectivity index (χ3v) is 8.28. The van der Waals surface area contributed by atoms with E-state index in [1.54, 1.807) is 24.4 Å². The zero-order valence-electron chi connectivity index (χ0n) is 25.6. The minimum atomic E-state index is -0.469. The number of aromatic nitrogens is 4. The zero-order chi connectivity index (χ0) is 30.6. The van der Waals surface area contributed by atoms with E-state index in [0.29, 0.717) is 36.0 Å². The van der Waals surface area contributed by atoms with Crippen LogP contribution in [0.2, 0.25) is 0 Å². The summed E-state index contributed by atoms with van der Waals surface area (Å²) in [5, 5.41) is 10.9. The third kappa shape index (κ3) is 8.36. The SMILES string of the molecule is CC(/C=C/[C@@H]1C[C@]2(CO2)C[C@@H](CC(=O)On2nnc3cccnc32)O1)=C\C[C@@H]1O[C@H](C)[C@H](NC(=O)/C=C\C(C)C)C[C@@H]1C. The molecule has 3 aliphatic rings. The van der Waals surface area contributed by atoms with Gasteiger partial charge in [0.2, 0.25) is 11.6 Å². The number of fused-ring (bicyclic) bond motifs is 1. The Balaban J connectivity index is 1.11. The number of pyridine rings is 1. The highest BCUT2D eigenvalue weighted by Gasteiger charge is 2.51. The first-order valence-electron chi connectivity index (χ1n) is 15.3. The first-order chi connectivity index (χ1) is 20.6. The molecule has 0 saturated carbocycles. The Labute approximate surface area is 252 Å². The first-order valence-corrected chi connectivity index (χ1v) is 15.3. The Bertz CT molecular complexity index is 1380. The van der Waals surface area contributed by atoms with Gasteiger partial charge in [0.1, 0.15) is 5.52 Å². The van der Waals surface area contributed by atoms with E-state index in [9.17, 15) is 9.59 Å². The van der Waals surface area contributed by atoms with Crippen molar-refractivity contribution in [1.29, 1.82) is 0 Å². The maximum atomic E-state index is 12.7. The van der Waals surface area contributed by atoms with Gasteiger partial charge < -0.3 is 24.4 Å².